The fourth-order valence-corrected chi connectivity index (χ4v) is 1.49. The van der Waals surface area contributed by atoms with Crippen molar-refractivity contribution < 1.29 is 13.9 Å². The summed E-state index contributed by atoms with van der Waals surface area (Å²) in [4.78, 5) is 14.8. The zero-order valence-electron chi connectivity index (χ0n) is 9.89. The Hall–Kier alpha value is -2.23. The molecule has 0 unspecified atom stereocenters. The fraction of sp³-hybridized carbons (Fsp3) is 0.143. The molecular weight excluding hydrogens is 233 g/mol. The number of carbonyl (C=O) groups is 1. The van der Waals surface area contributed by atoms with Crippen LogP contribution in [0.15, 0.2) is 42.7 Å². The first-order valence-electron chi connectivity index (χ1n) is 5.48. The molecule has 92 valence electrons. The van der Waals surface area contributed by atoms with Crippen LogP contribution in [0.2, 0.25) is 0 Å². The first-order chi connectivity index (χ1) is 8.65. The van der Waals surface area contributed by atoms with E-state index in [1.807, 2.05) is 0 Å². The summed E-state index contributed by atoms with van der Waals surface area (Å²) in [5, 5.41) is 0. The lowest BCUT2D eigenvalue weighted by Gasteiger charge is -2.06. The molecule has 0 radical (unpaired) electrons. The van der Waals surface area contributed by atoms with E-state index in [1.165, 1.54) is 13.0 Å². The second-order valence-electron chi connectivity index (χ2n) is 3.88. The van der Waals surface area contributed by atoms with E-state index < -0.39 is 0 Å². The van der Waals surface area contributed by atoms with Gasteiger partial charge >= 0.3 is 0 Å². The molecule has 0 fully saturated rings. The normalized spacial score (nSPS) is 10.1. The van der Waals surface area contributed by atoms with E-state index >= 15 is 0 Å². The highest BCUT2D eigenvalue weighted by molar-refractivity contribution is 5.94. The van der Waals surface area contributed by atoms with Crippen LogP contribution in [0.4, 0.5) is 4.39 Å². The number of carbonyl (C=O) groups excluding carboxylic acids is 1. The molecule has 0 bridgehead atoms. The van der Waals surface area contributed by atoms with Crippen molar-refractivity contribution in [2.24, 2.45) is 0 Å². The molecule has 3 nitrogen and oxygen atoms in total. The first kappa shape index (κ1) is 12.2. The summed E-state index contributed by atoms with van der Waals surface area (Å²) in [6, 6.07) is 8.19. The van der Waals surface area contributed by atoms with Gasteiger partial charge in [0, 0.05) is 17.3 Å². The number of ether oxygens (including phenoxy) is 1. The van der Waals surface area contributed by atoms with Gasteiger partial charge in [-0.3, -0.25) is 9.78 Å². The summed E-state index contributed by atoms with van der Waals surface area (Å²) in [6.45, 7) is 1.75. The Kier molecular flexibility index (Phi) is 3.67. The summed E-state index contributed by atoms with van der Waals surface area (Å²) in [5.41, 5.74) is 1.29. The Balaban J connectivity index is 2.00. The van der Waals surface area contributed by atoms with E-state index in [2.05, 4.69) is 4.98 Å². The van der Waals surface area contributed by atoms with Crippen molar-refractivity contribution in [2.75, 3.05) is 0 Å². The number of nitrogens with zero attached hydrogens (tertiary/aromatic N) is 1. The number of hydrogen-bond donors (Lipinski definition) is 0. The predicted octanol–water partition coefficient (Wildman–Crippen LogP) is 3.00. The number of ketones is 1. The fourth-order valence-electron chi connectivity index (χ4n) is 1.49. The van der Waals surface area contributed by atoms with Crippen molar-refractivity contribution in [1.29, 1.82) is 0 Å². The largest absolute Gasteiger partial charge is 0.489 e. The molecule has 0 amide bonds. The molecule has 2 aromatic rings. The molecule has 18 heavy (non-hydrogen) atoms. The Bertz CT molecular complexity index is 552. The van der Waals surface area contributed by atoms with Gasteiger partial charge in [-0.05, 0) is 37.3 Å². The van der Waals surface area contributed by atoms with Crippen LogP contribution in [0, 0.1) is 5.82 Å². The molecule has 1 heterocycles. The van der Waals surface area contributed by atoms with E-state index in [4.69, 9.17) is 4.74 Å². The van der Waals surface area contributed by atoms with Crippen LogP contribution in [-0.4, -0.2) is 10.8 Å². The summed E-state index contributed by atoms with van der Waals surface area (Å²) < 4.78 is 18.3. The average molecular weight is 245 g/mol. The molecule has 4 heteroatoms. The Labute approximate surface area is 104 Å². The van der Waals surface area contributed by atoms with E-state index in [0.717, 1.165) is 6.20 Å². The molecule has 0 aliphatic rings. The molecule has 0 saturated carbocycles. The smallest absolute Gasteiger partial charge is 0.159 e. The lowest BCUT2D eigenvalue weighted by Crippen LogP contribution is -1.97. The van der Waals surface area contributed by atoms with E-state index in [9.17, 15) is 9.18 Å². The molecule has 1 aromatic carbocycles. The summed E-state index contributed by atoms with van der Waals surface area (Å²) in [7, 11) is 0. The van der Waals surface area contributed by atoms with Crippen molar-refractivity contribution in [1.82, 2.24) is 4.98 Å². The van der Waals surface area contributed by atoms with Crippen molar-refractivity contribution in [3.8, 4) is 5.75 Å². The zero-order chi connectivity index (χ0) is 13.0. The standard InChI is InChI=1S/C14H12FNO2/c1-10(17)12-2-4-14(5-3-12)18-9-11-6-13(15)8-16-7-11/h2-8H,9H2,1H3. The SMILES string of the molecule is CC(=O)c1ccc(OCc2cncc(F)c2)cc1. The van der Waals surface area contributed by atoms with Crippen molar-refractivity contribution in [2.45, 2.75) is 13.5 Å². The van der Waals surface area contributed by atoms with Crippen molar-refractivity contribution in [3.05, 3.63) is 59.7 Å². The molecule has 0 atom stereocenters. The molecule has 1 aromatic heterocycles. The van der Waals surface area contributed by atoms with Crippen molar-refractivity contribution >= 4 is 5.78 Å². The monoisotopic (exact) mass is 245 g/mol. The van der Waals surface area contributed by atoms with Gasteiger partial charge in [-0.2, -0.15) is 0 Å². The van der Waals surface area contributed by atoms with Crippen molar-refractivity contribution in [3.63, 3.8) is 0 Å². The number of benzene rings is 1. The van der Waals surface area contributed by atoms with Gasteiger partial charge in [0.25, 0.3) is 0 Å². The number of rotatable bonds is 4. The minimum absolute atomic E-state index is 0.0101. The second kappa shape index (κ2) is 5.40. The first-order valence-corrected chi connectivity index (χ1v) is 5.48. The summed E-state index contributed by atoms with van der Waals surface area (Å²) in [5.74, 6) is 0.253. The molecule has 0 N–H and O–H groups in total. The minimum atomic E-state index is -0.386. The number of pyridine rings is 1. The second-order valence-corrected chi connectivity index (χ2v) is 3.88. The highest BCUT2D eigenvalue weighted by Gasteiger charge is 2.01. The van der Waals surface area contributed by atoms with Crippen LogP contribution in [0.1, 0.15) is 22.8 Å². The lowest BCUT2D eigenvalue weighted by molar-refractivity contribution is 0.101. The van der Waals surface area contributed by atoms with Gasteiger partial charge in [0.15, 0.2) is 5.78 Å². The Morgan fingerprint density at radius 3 is 2.61 bits per heavy atom. The van der Waals surface area contributed by atoms with Gasteiger partial charge in [0.2, 0.25) is 0 Å². The molecule has 0 aliphatic heterocycles. The molecule has 0 spiro atoms. The van der Waals surface area contributed by atoms with E-state index in [-0.39, 0.29) is 18.2 Å². The average Bonchev–Trinajstić information content (AvgIpc) is 2.37. The number of halogens is 1. The maximum atomic E-state index is 12.9. The van der Waals surface area contributed by atoms with Gasteiger partial charge in [0.1, 0.15) is 18.2 Å². The molecular formula is C14H12FNO2. The third kappa shape index (κ3) is 3.13. The van der Waals surface area contributed by atoms with Gasteiger partial charge in [-0.15, -0.1) is 0 Å². The maximum Gasteiger partial charge on any atom is 0.159 e. The lowest BCUT2D eigenvalue weighted by atomic mass is 10.1. The highest BCUT2D eigenvalue weighted by Crippen LogP contribution is 2.14. The molecule has 0 saturated heterocycles. The number of Topliss-reactive ketones (excluding diaryl/α,β-unsaturated/α-hetero) is 1. The van der Waals surface area contributed by atoms with Gasteiger partial charge in [0.05, 0.1) is 6.20 Å². The van der Waals surface area contributed by atoms with E-state index in [1.54, 1.807) is 30.5 Å². The quantitative estimate of drug-likeness (QED) is 0.777. The molecule has 2 rings (SSSR count). The third-order valence-corrected chi connectivity index (χ3v) is 2.43. The number of aromatic nitrogens is 1. The highest BCUT2D eigenvalue weighted by atomic mass is 19.1. The summed E-state index contributed by atoms with van der Waals surface area (Å²) >= 11 is 0. The van der Waals surface area contributed by atoms with Crippen LogP contribution in [0.5, 0.6) is 5.75 Å². The zero-order valence-corrected chi connectivity index (χ0v) is 9.89. The predicted molar refractivity (Wildman–Crippen MR) is 65.0 cm³/mol. The van der Waals surface area contributed by atoms with Crippen LogP contribution < -0.4 is 4.74 Å². The third-order valence-electron chi connectivity index (χ3n) is 2.43. The Morgan fingerprint density at radius 1 is 1.28 bits per heavy atom. The van der Waals surface area contributed by atoms with Crippen LogP contribution >= 0.6 is 0 Å². The molecule has 0 aliphatic carbocycles. The number of hydrogen-bond acceptors (Lipinski definition) is 3. The van der Waals surface area contributed by atoms with Crippen LogP contribution in [-0.2, 0) is 6.61 Å². The van der Waals surface area contributed by atoms with E-state index in [0.29, 0.717) is 16.9 Å². The van der Waals surface area contributed by atoms with Gasteiger partial charge in [-0.1, -0.05) is 0 Å². The van der Waals surface area contributed by atoms with Gasteiger partial charge < -0.3 is 4.74 Å². The van der Waals surface area contributed by atoms with Crippen LogP contribution in [0.3, 0.4) is 0 Å². The maximum absolute atomic E-state index is 12.9. The minimum Gasteiger partial charge on any atom is -0.489 e. The van der Waals surface area contributed by atoms with Crippen LogP contribution in [0.25, 0.3) is 0 Å². The Morgan fingerprint density at radius 2 is 2.00 bits per heavy atom. The topological polar surface area (TPSA) is 39.2 Å². The van der Waals surface area contributed by atoms with Gasteiger partial charge in [-0.25, -0.2) is 4.39 Å². The summed E-state index contributed by atoms with van der Waals surface area (Å²) in [6.07, 6.45) is 2.69.